The third-order valence-corrected chi connectivity index (χ3v) is 6.24. The molecule has 1 aromatic heterocycles. The van der Waals surface area contributed by atoms with Crippen molar-refractivity contribution in [2.45, 2.75) is 31.3 Å². The minimum absolute atomic E-state index is 0.0190. The van der Waals surface area contributed by atoms with Crippen LogP contribution < -0.4 is 10.6 Å². The summed E-state index contributed by atoms with van der Waals surface area (Å²) in [6.07, 6.45) is 4.44. The zero-order chi connectivity index (χ0) is 16.3. The van der Waals surface area contributed by atoms with Crippen molar-refractivity contribution in [2.75, 3.05) is 31.1 Å². The molecular weight excluding hydrogens is 318 g/mol. The molecule has 2 atom stereocenters. The Morgan fingerprint density at radius 3 is 2.78 bits per heavy atom. The molecule has 2 fully saturated rings. The summed E-state index contributed by atoms with van der Waals surface area (Å²) in [5.74, 6) is 1.03. The van der Waals surface area contributed by atoms with Gasteiger partial charge in [-0.25, -0.2) is 13.2 Å². The largest absolute Gasteiger partial charge is 0.468 e. The van der Waals surface area contributed by atoms with Gasteiger partial charge in [0.2, 0.25) is 0 Å². The first kappa shape index (κ1) is 16.3. The number of carbonyl (C=O) groups is 1. The first-order valence-electron chi connectivity index (χ1n) is 8.06. The van der Waals surface area contributed by atoms with Crippen molar-refractivity contribution in [2.24, 2.45) is 0 Å². The van der Waals surface area contributed by atoms with Crippen molar-refractivity contribution in [3.63, 3.8) is 0 Å². The third-order valence-electron chi connectivity index (χ3n) is 4.48. The summed E-state index contributed by atoms with van der Waals surface area (Å²) in [7, 11) is -2.99. The Hall–Kier alpha value is -1.54. The Kier molecular flexibility index (Phi) is 4.91. The zero-order valence-corrected chi connectivity index (χ0v) is 13.8. The highest BCUT2D eigenvalue weighted by molar-refractivity contribution is 7.91. The number of amides is 2. The fraction of sp³-hybridized carbons (Fsp3) is 0.667. The maximum absolute atomic E-state index is 12.0. The molecule has 0 unspecified atom stereocenters. The summed E-state index contributed by atoms with van der Waals surface area (Å²) in [6, 6.07) is 3.19. The number of furan rings is 1. The van der Waals surface area contributed by atoms with Crippen LogP contribution in [0, 0.1) is 0 Å². The number of urea groups is 1. The number of rotatable bonds is 5. The van der Waals surface area contributed by atoms with Crippen LogP contribution in [-0.4, -0.2) is 56.5 Å². The van der Waals surface area contributed by atoms with Crippen molar-refractivity contribution >= 4 is 15.9 Å². The average Bonchev–Trinajstić information content (AvgIpc) is 3.22. The van der Waals surface area contributed by atoms with Crippen molar-refractivity contribution < 1.29 is 17.6 Å². The number of nitrogens with zero attached hydrogens (tertiary/aromatic N) is 1. The fourth-order valence-electron chi connectivity index (χ4n) is 3.28. The van der Waals surface area contributed by atoms with Crippen molar-refractivity contribution in [1.29, 1.82) is 0 Å². The molecule has 7 nitrogen and oxygen atoms in total. The molecule has 1 aromatic rings. The smallest absolute Gasteiger partial charge is 0.315 e. The molecule has 23 heavy (non-hydrogen) atoms. The maximum Gasteiger partial charge on any atom is 0.315 e. The van der Waals surface area contributed by atoms with Crippen LogP contribution in [0.5, 0.6) is 0 Å². The fourth-order valence-corrected chi connectivity index (χ4v) is 4.95. The normalized spacial score (nSPS) is 25.3. The molecule has 128 valence electrons. The van der Waals surface area contributed by atoms with Crippen LogP contribution in [-0.2, 0) is 9.84 Å². The SMILES string of the molecule is O=C(NC[C@H](c1ccco1)N1CCCC1)N[C@H]1CCS(=O)(=O)C1. The Labute approximate surface area is 136 Å². The number of hydrogen-bond acceptors (Lipinski definition) is 5. The number of carbonyl (C=O) groups excluding carboxylic acids is 1. The van der Waals surface area contributed by atoms with Gasteiger partial charge in [0.1, 0.15) is 5.76 Å². The Bertz CT molecular complexity index is 623. The van der Waals surface area contributed by atoms with Gasteiger partial charge in [-0.3, -0.25) is 4.90 Å². The molecule has 0 aromatic carbocycles. The summed E-state index contributed by atoms with van der Waals surface area (Å²) < 4.78 is 28.4. The van der Waals surface area contributed by atoms with E-state index in [9.17, 15) is 13.2 Å². The summed E-state index contributed by atoms with van der Waals surface area (Å²) in [4.78, 5) is 14.3. The first-order valence-corrected chi connectivity index (χ1v) is 9.88. The third kappa shape index (κ3) is 4.26. The van der Waals surface area contributed by atoms with Gasteiger partial charge >= 0.3 is 6.03 Å². The van der Waals surface area contributed by atoms with E-state index in [2.05, 4.69) is 15.5 Å². The second-order valence-corrected chi connectivity index (χ2v) is 8.46. The average molecular weight is 341 g/mol. The second kappa shape index (κ2) is 6.92. The molecular formula is C15H23N3O4S. The monoisotopic (exact) mass is 341 g/mol. The van der Waals surface area contributed by atoms with E-state index in [0.29, 0.717) is 13.0 Å². The zero-order valence-electron chi connectivity index (χ0n) is 13.0. The lowest BCUT2D eigenvalue weighted by Crippen LogP contribution is -2.45. The predicted molar refractivity (Wildman–Crippen MR) is 85.8 cm³/mol. The molecule has 0 radical (unpaired) electrons. The molecule has 0 saturated carbocycles. The molecule has 2 aliphatic rings. The number of sulfone groups is 1. The standard InChI is InChI=1S/C15H23N3O4S/c19-15(17-12-5-9-23(20,21)11-12)16-10-13(14-4-3-8-22-14)18-6-1-2-7-18/h3-4,8,12-13H,1-2,5-7,9-11H2,(H2,16,17,19)/t12-,13+/m0/s1. The quantitative estimate of drug-likeness (QED) is 0.830. The second-order valence-electron chi connectivity index (χ2n) is 6.23. The number of likely N-dealkylation sites (tertiary alicyclic amines) is 1. The van der Waals surface area contributed by atoms with Crippen LogP contribution in [0.3, 0.4) is 0 Å². The van der Waals surface area contributed by atoms with E-state index in [-0.39, 0.29) is 29.6 Å². The van der Waals surface area contributed by atoms with Crippen LogP contribution in [0.4, 0.5) is 4.79 Å². The van der Waals surface area contributed by atoms with Gasteiger partial charge in [0.05, 0.1) is 23.8 Å². The summed E-state index contributed by atoms with van der Waals surface area (Å²) >= 11 is 0. The van der Waals surface area contributed by atoms with E-state index in [0.717, 1.165) is 31.7 Å². The minimum Gasteiger partial charge on any atom is -0.468 e. The number of hydrogen-bond donors (Lipinski definition) is 2. The lowest BCUT2D eigenvalue weighted by atomic mass is 10.2. The van der Waals surface area contributed by atoms with Crippen LogP contribution in [0.2, 0.25) is 0 Å². The highest BCUT2D eigenvalue weighted by Gasteiger charge is 2.30. The van der Waals surface area contributed by atoms with E-state index in [1.807, 2.05) is 12.1 Å². The highest BCUT2D eigenvalue weighted by Crippen LogP contribution is 2.24. The van der Waals surface area contributed by atoms with Crippen molar-refractivity contribution in [3.8, 4) is 0 Å². The van der Waals surface area contributed by atoms with Gasteiger partial charge in [0.25, 0.3) is 0 Å². The summed E-state index contributed by atoms with van der Waals surface area (Å²) in [5.41, 5.74) is 0. The molecule has 0 bridgehead atoms. The van der Waals surface area contributed by atoms with Gasteiger partial charge in [0, 0.05) is 12.6 Å². The van der Waals surface area contributed by atoms with E-state index < -0.39 is 9.84 Å². The summed E-state index contributed by atoms with van der Waals surface area (Å²) in [5, 5.41) is 5.60. The minimum atomic E-state index is -2.99. The van der Waals surface area contributed by atoms with Crippen LogP contribution in [0.25, 0.3) is 0 Å². The highest BCUT2D eigenvalue weighted by atomic mass is 32.2. The molecule has 2 aliphatic heterocycles. The molecule has 2 N–H and O–H groups in total. The van der Waals surface area contributed by atoms with E-state index in [1.165, 1.54) is 0 Å². The van der Waals surface area contributed by atoms with Crippen LogP contribution >= 0.6 is 0 Å². The first-order chi connectivity index (χ1) is 11.0. The lowest BCUT2D eigenvalue weighted by molar-refractivity contribution is 0.202. The Balaban J connectivity index is 1.53. The molecule has 2 amide bonds. The van der Waals surface area contributed by atoms with Gasteiger partial charge in [0.15, 0.2) is 9.84 Å². The molecule has 2 saturated heterocycles. The van der Waals surface area contributed by atoms with Gasteiger partial charge in [-0.2, -0.15) is 0 Å². The number of nitrogens with one attached hydrogen (secondary N) is 2. The van der Waals surface area contributed by atoms with E-state index in [4.69, 9.17) is 4.42 Å². The van der Waals surface area contributed by atoms with Crippen LogP contribution in [0.1, 0.15) is 31.1 Å². The van der Waals surface area contributed by atoms with E-state index in [1.54, 1.807) is 6.26 Å². The Morgan fingerprint density at radius 2 is 2.17 bits per heavy atom. The molecule has 8 heteroatoms. The summed E-state index contributed by atoms with van der Waals surface area (Å²) in [6.45, 7) is 2.43. The lowest BCUT2D eigenvalue weighted by Gasteiger charge is -2.26. The van der Waals surface area contributed by atoms with Gasteiger partial charge in [-0.05, 0) is 44.5 Å². The van der Waals surface area contributed by atoms with E-state index >= 15 is 0 Å². The molecule has 3 rings (SSSR count). The molecule has 0 spiro atoms. The Morgan fingerprint density at radius 1 is 1.39 bits per heavy atom. The van der Waals surface area contributed by atoms with Crippen LogP contribution in [0.15, 0.2) is 22.8 Å². The topological polar surface area (TPSA) is 91.7 Å². The van der Waals surface area contributed by atoms with Crippen molar-refractivity contribution in [3.05, 3.63) is 24.2 Å². The van der Waals surface area contributed by atoms with Gasteiger partial charge in [-0.15, -0.1) is 0 Å². The predicted octanol–water partition coefficient (Wildman–Crippen LogP) is 0.903. The van der Waals surface area contributed by atoms with Crippen molar-refractivity contribution in [1.82, 2.24) is 15.5 Å². The maximum atomic E-state index is 12.0. The van der Waals surface area contributed by atoms with Gasteiger partial charge in [-0.1, -0.05) is 0 Å². The molecule has 3 heterocycles. The molecule has 0 aliphatic carbocycles. The van der Waals surface area contributed by atoms with Gasteiger partial charge < -0.3 is 15.1 Å².